The maximum absolute atomic E-state index is 13.6. The van der Waals surface area contributed by atoms with Crippen molar-refractivity contribution in [3.05, 3.63) is 83.4 Å². The van der Waals surface area contributed by atoms with Crippen LogP contribution >= 0.6 is 0 Å². The minimum atomic E-state index is -0.634. The molecule has 6 nitrogen and oxygen atoms in total. The summed E-state index contributed by atoms with van der Waals surface area (Å²) in [6, 6.07) is 21.2. The minimum absolute atomic E-state index is 0.0794. The molecule has 1 heterocycles. The van der Waals surface area contributed by atoms with Crippen molar-refractivity contribution in [2.45, 2.75) is 38.8 Å². The first-order valence-corrected chi connectivity index (χ1v) is 12.0. The van der Waals surface area contributed by atoms with Crippen LogP contribution in [0.3, 0.4) is 0 Å². The van der Waals surface area contributed by atoms with Gasteiger partial charge in [0, 0.05) is 6.54 Å². The van der Waals surface area contributed by atoms with Crippen LogP contribution in [0.25, 0.3) is 0 Å². The smallest absolute Gasteiger partial charge is 0.263 e. The summed E-state index contributed by atoms with van der Waals surface area (Å²) >= 11 is 0. The van der Waals surface area contributed by atoms with E-state index in [0.29, 0.717) is 36.8 Å². The van der Waals surface area contributed by atoms with Crippen LogP contribution in [-0.2, 0) is 17.6 Å². The second kappa shape index (κ2) is 11.2. The maximum Gasteiger partial charge on any atom is 0.263 e. The van der Waals surface area contributed by atoms with Gasteiger partial charge < -0.3 is 23.8 Å². The fourth-order valence-electron chi connectivity index (χ4n) is 4.46. The van der Waals surface area contributed by atoms with Gasteiger partial charge in [-0.15, -0.1) is 0 Å². The average Bonchev–Trinajstić information content (AvgIpc) is 2.91. The molecule has 0 aliphatic carbocycles. The molecule has 1 aliphatic heterocycles. The number of carbonyl (C=O) groups excluding carboxylic acids is 1. The van der Waals surface area contributed by atoms with E-state index in [1.54, 1.807) is 21.1 Å². The lowest BCUT2D eigenvalue weighted by Gasteiger charge is -2.38. The summed E-state index contributed by atoms with van der Waals surface area (Å²) in [5.74, 6) is 2.68. The summed E-state index contributed by atoms with van der Waals surface area (Å²) < 4.78 is 23.2. The van der Waals surface area contributed by atoms with Gasteiger partial charge in [0.1, 0.15) is 18.1 Å². The predicted molar refractivity (Wildman–Crippen MR) is 136 cm³/mol. The van der Waals surface area contributed by atoms with Gasteiger partial charge in [-0.05, 0) is 72.9 Å². The number of fused-ring (bicyclic) bond motifs is 1. The SMILES string of the molecule is CCc1ccc(OC[C@@H]2c3cc(OC)c(OC)cc3CCN2C(=O)[C@@H](C)Oc2ccccc2)cc1. The molecule has 0 bridgehead atoms. The third kappa shape index (κ3) is 5.53. The van der Waals surface area contributed by atoms with Crippen LogP contribution in [-0.4, -0.2) is 44.3 Å². The Morgan fingerprint density at radius 1 is 0.971 bits per heavy atom. The molecule has 184 valence electrons. The topological polar surface area (TPSA) is 57.2 Å². The van der Waals surface area contributed by atoms with Crippen LogP contribution in [0.4, 0.5) is 0 Å². The van der Waals surface area contributed by atoms with Crippen molar-refractivity contribution in [3.63, 3.8) is 0 Å². The number of ether oxygens (including phenoxy) is 4. The second-order valence-electron chi connectivity index (χ2n) is 8.59. The van der Waals surface area contributed by atoms with E-state index in [4.69, 9.17) is 18.9 Å². The molecule has 0 radical (unpaired) electrons. The average molecular weight is 476 g/mol. The Bertz CT molecular complexity index is 1130. The van der Waals surface area contributed by atoms with Gasteiger partial charge in [-0.25, -0.2) is 0 Å². The zero-order valence-corrected chi connectivity index (χ0v) is 20.8. The van der Waals surface area contributed by atoms with Crippen molar-refractivity contribution < 1.29 is 23.7 Å². The largest absolute Gasteiger partial charge is 0.493 e. The van der Waals surface area contributed by atoms with Crippen LogP contribution < -0.4 is 18.9 Å². The Kier molecular flexibility index (Phi) is 7.80. The first-order chi connectivity index (χ1) is 17.0. The molecule has 2 atom stereocenters. The fourth-order valence-corrected chi connectivity index (χ4v) is 4.46. The van der Waals surface area contributed by atoms with Crippen LogP contribution in [0.2, 0.25) is 0 Å². The van der Waals surface area contributed by atoms with Crippen molar-refractivity contribution >= 4 is 5.91 Å². The lowest BCUT2D eigenvalue weighted by molar-refractivity contribution is -0.141. The number of nitrogens with zero attached hydrogens (tertiary/aromatic N) is 1. The monoisotopic (exact) mass is 475 g/mol. The van der Waals surface area contributed by atoms with E-state index in [1.165, 1.54) is 5.56 Å². The molecule has 6 heteroatoms. The molecular weight excluding hydrogens is 442 g/mol. The standard InChI is InChI=1S/C29H33NO5/c1-5-21-11-13-23(14-12-21)34-19-26-25-18-28(33-4)27(32-3)17-22(25)15-16-30(26)29(31)20(2)35-24-9-7-6-8-10-24/h6-14,17-18,20,26H,5,15-16,19H2,1-4H3/t20-,26-/m1/s1. The number of rotatable bonds is 9. The molecule has 35 heavy (non-hydrogen) atoms. The molecule has 4 rings (SSSR count). The van der Waals surface area contributed by atoms with Gasteiger partial charge in [0.15, 0.2) is 17.6 Å². The summed E-state index contributed by atoms with van der Waals surface area (Å²) in [7, 11) is 3.25. The lowest BCUT2D eigenvalue weighted by Crippen LogP contribution is -2.47. The number of carbonyl (C=O) groups is 1. The Balaban J connectivity index is 1.62. The van der Waals surface area contributed by atoms with Crippen LogP contribution in [0.15, 0.2) is 66.7 Å². The fraction of sp³-hybridized carbons (Fsp3) is 0.345. The summed E-state index contributed by atoms with van der Waals surface area (Å²) in [5.41, 5.74) is 3.37. The number of hydrogen-bond acceptors (Lipinski definition) is 5. The second-order valence-corrected chi connectivity index (χ2v) is 8.59. The third-order valence-electron chi connectivity index (χ3n) is 6.43. The Morgan fingerprint density at radius 3 is 2.31 bits per heavy atom. The Labute approximate surface area is 207 Å². The van der Waals surface area contributed by atoms with E-state index in [9.17, 15) is 4.79 Å². The first-order valence-electron chi connectivity index (χ1n) is 12.0. The normalized spacial score (nSPS) is 15.7. The molecule has 3 aromatic carbocycles. The van der Waals surface area contributed by atoms with Crippen LogP contribution in [0.1, 0.15) is 36.6 Å². The zero-order chi connectivity index (χ0) is 24.8. The highest BCUT2D eigenvalue weighted by atomic mass is 16.5. The van der Waals surface area contributed by atoms with Crippen molar-refractivity contribution in [2.75, 3.05) is 27.4 Å². The van der Waals surface area contributed by atoms with Crippen LogP contribution in [0, 0.1) is 0 Å². The molecule has 0 saturated heterocycles. The molecule has 3 aromatic rings. The third-order valence-corrected chi connectivity index (χ3v) is 6.43. The summed E-state index contributed by atoms with van der Waals surface area (Å²) in [6.45, 7) is 4.80. The number of benzene rings is 3. The molecule has 0 saturated carbocycles. The minimum Gasteiger partial charge on any atom is -0.493 e. The number of hydrogen-bond donors (Lipinski definition) is 0. The van der Waals surface area contributed by atoms with Crippen LogP contribution in [0.5, 0.6) is 23.0 Å². The van der Waals surface area contributed by atoms with Gasteiger partial charge in [-0.3, -0.25) is 4.79 Å². The Morgan fingerprint density at radius 2 is 1.66 bits per heavy atom. The van der Waals surface area contributed by atoms with E-state index in [1.807, 2.05) is 59.5 Å². The number of aryl methyl sites for hydroxylation is 1. The number of para-hydroxylation sites is 1. The molecule has 0 N–H and O–H groups in total. The van der Waals surface area contributed by atoms with Gasteiger partial charge in [-0.1, -0.05) is 37.3 Å². The van der Waals surface area contributed by atoms with Gasteiger partial charge in [0.05, 0.1) is 20.3 Å². The summed E-state index contributed by atoms with van der Waals surface area (Å²) in [4.78, 5) is 15.4. The van der Waals surface area contributed by atoms with E-state index >= 15 is 0 Å². The molecule has 0 aromatic heterocycles. The molecular formula is C29H33NO5. The van der Waals surface area contributed by atoms with E-state index in [-0.39, 0.29) is 11.9 Å². The van der Waals surface area contributed by atoms with Crippen molar-refractivity contribution in [3.8, 4) is 23.0 Å². The van der Waals surface area contributed by atoms with Crippen molar-refractivity contribution in [2.24, 2.45) is 0 Å². The van der Waals surface area contributed by atoms with Gasteiger partial charge in [0.25, 0.3) is 5.91 Å². The van der Waals surface area contributed by atoms with Crippen molar-refractivity contribution in [1.82, 2.24) is 4.90 Å². The van der Waals surface area contributed by atoms with Gasteiger partial charge in [0.2, 0.25) is 0 Å². The highest BCUT2D eigenvalue weighted by molar-refractivity contribution is 5.82. The van der Waals surface area contributed by atoms with E-state index < -0.39 is 6.10 Å². The summed E-state index contributed by atoms with van der Waals surface area (Å²) in [6.07, 6.45) is 1.05. The summed E-state index contributed by atoms with van der Waals surface area (Å²) in [5, 5.41) is 0. The zero-order valence-electron chi connectivity index (χ0n) is 20.8. The maximum atomic E-state index is 13.6. The molecule has 1 aliphatic rings. The first kappa shape index (κ1) is 24.5. The quantitative estimate of drug-likeness (QED) is 0.424. The van der Waals surface area contributed by atoms with Gasteiger partial charge in [-0.2, -0.15) is 0 Å². The predicted octanol–water partition coefficient (Wildman–Crippen LogP) is 5.24. The molecule has 1 amide bonds. The number of amides is 1. The highest BCUT2D eigenvalue weighted by Gasteiger charge is 2.35. The highest BCUT2D eigenvalue weighted by Crippen LogP contribution is 2.39. The van der Waals surface area contributed by atoms with Crippen molar-refractivity contribution in [1.29, 1.82) is 0 Å². The van der Waals surface area contributed by atoms with Gasteiger partial charge >= 0.3 is 0 Å². The van der Waals surface area contributed by atoms with E-state index in [2.05, 4.69) is 19.1 Å². The molecule has 0 spiro atoms. The lowest BCUT2D eigenvalue weighted by atomic mass is 9.91. The Hall–Kier alpha value is -3.67. The number of methoxy groups -OCH3 is 2. The van der Waals surface area contributed by atoms with E-state index in [0.717, 1.165) is 23.3 Å². The molecule has 0 unspecified atom stereocenters. The molecule has 0 fully saturated rings.